The van der Waals surface area contributed by atoms with Crippen LogP contribution >= 0.6 is 0 Å². The van der Waals surface area contributed by atoms with Crippen molar-refractivity contribution in [2.75, 3.05) is 26.7 Å². The predicted molar refractivity (Wildman–Crippen MR) is 59.7 cm³/mol. The minimum absolute atomic E-state index is 0.0680. The lowest BCUT2D eigenvalue weighted by atomic mass is 10.2. The fourth-order valence-electron chi connectivity index (χ4n) is 0.931. The molecule has 0 unspecified atom stereocenters. The number of rotatable bonds is 6. The maximum absolute atomic E-state index is 7.08. The van der Waals surface area contributed by atoms with Crippen LogP contribution in [0.15, 0.2) is 0 Å². The summed E-state index contributed by atoms with van der Waals surface area (Å²) >= 11 is 0. The molecule has 0 aromatic rings. The fraction of sp³-hybridized carbons (Fsp3) is 0.900. The summed E-state index contributed by atoms with van der Waals surface area (Å²) < 4.78 is 5.58. The van der Waals surface area contributed by atoms with Gasteiger partial charge in [0.25, 0.3) is 0 Å². The van der Waals surface area contributed by atoms with Crippen LogP contribution in [0.3, 0.4) is 0 Å². The number of nitrogens with two attached hydrogens (primary N) is 1. The first kappa shape index (κ1) is 13.4. The number of likely N-dealkylation sites (N-methyl/N-ethyl adjacent to an activating group) is 1. The van der Waals surface area contributed by atoms with E-state index in [1.165, 1.54) is 0 Å². The van der Waals surface area contributed by atoms with Gasteiger partial charge in [0.1, 0.15) is 0 Å². The van der Waals surface area contributed by atoms with Gasteiger partial charge in [-0.1, -0.05) is 0 Å². The molecule has 0 aliphatic carbocycles. The lowest BCUT2D eigenvalue weighted by Gasteiger charge is -2.22. The lowest BCUT2D eigenvalue weighted by Crippen LogP contribution is -2.30. The maximum atomic E-state index is 7.08. The SMILES string of the molecule is CN(CCOC(C)(C)C)CCC(=N)N. The van der Waals surface area contributed by atoms with E-state index in [2.05, 4.69) is 4.90 Å². The molecule has 0 aromatic carbocycles. The number of nitrogens with zero attached hydrogens (tertiary/aromatic N) is 1. The Hall–Kier alpha value is -0.610. The summed E-state index contributed by atoms with van der Waals surface area (Å²) in [4.78, 5) is 2.12. The molecule has 3 N–H and O–H groups in total. The Morgan fingerprint density at radius 2 is 1.93 bits per heavy atom. The molecule has 0 bridgehead atoms. The topological polar surface area (TPSA) is 62.3 Å². The number of nitrogens with one attached hydrogen (secondary N) is 1. The molecule has 0 rings (SSSR count). The fourth-order valence-corrected chi connectivity index (χ4v) is 0.931. The summed E-state index contributed by atoms with van der Waals surface area (Å²) in [7, 11) is 2.01. The number of hydrogen-bond acceptors (Lipinski definition) is 3. The van der Waals surface area contributed by atoms with Crippen LogP contribution in [0.2, 0.25) is 0 Å². The van der Waals surface area contributed by atoms with Crippen molar-refractivity contribution >= 4 is 5.84 Å². The Morgan fingerprint density at radius 3 is 2.36 bits per heavy atom. The van der Waals surface area contributed by atoms with Crippen molar-refractivity contribution in [3.8, 4) is 0 Å². The molecule has 0 heterocycles. The summed E-state index contributed by atoms with van der Waals surface area (Å²) in [5.41, 5.74) is 5.20. The zero-order valence-electron chi connectivity index (χ0n) is 9.76. The van der Waals surface area contributed by atoms with Crippen LogP contribution in [0.5, 0.6) is 0 Å². The molecule has 0 saturated heterocycles. The van der Waals surface area contributed by atoms with Gasteiger partial charge in [0.15, 0.2) is 0 Å². The van der Waals surface area contributed by atoms with Gasteiger partial charge in [-0.15, -0.1) is 0 Å². The molecule has 4 heteroatoms. The molecular formula is C10H23N3O. The van der Waals surface area contributed by atoms with Gasteiger partial charge in [0, 0.05) is 19.5 Å². The van der Waals surface area contributed by atoms with Crippen molar-refractivity contribution in [1.29, 1.82) is 5.41 Å². The highest BCUT2D eigenvalue weighted by Gasteiger charge is 2.09. The molecule has 84 valence electrons. The molecule has 0 atom stereocenters. The molecule has 0 radical (unpaired) electrons. The van der Waals surface area contributed by atoms with Crippen molar-refractivity contribution in [2.45, 2.75) is 32.8 Å². The van der Waals surface area contributed by atoms with Crippen LogP contribution in [0.25, 0.3) is 0 Å². The molecule has 14 heavy (non-hydrogen) atoms. The van der Waals surface area contributed by atoms with Crippen molar-refractivity contribution in [2.24, 2.45) is 5.73 Å². The Balaban J connectivity index is 3.45. The van der Waals surface area contributed by atoms with Gasteiger partial charge in [-0.25, -0.2) is 0 Å². The van der Waals surface area contributed by atoms with Gasteiger partial charge in [-0.3, -0.25) is 5.41 Å². The van der Waals surface area contributed by atoms with Crippen LogP contribution in [-0.4, -0.2) is 43.1 Å². The molecule has 0 fully saturated rings. The molecule has 0 spiro atoms. The Labute approximate surface area is 86.9 Å². The molecule has 0 amide bonds. The summed E-state index contributed by atoms with van der Waals surface area (Å²) in [5.74, 6) is 0.244. The highest BCUT2D eigenvalue weighted by atomic mass is 16.5. The van der Waals surface area contributed by atoms with E-state index in [4.69, 9.17) is 15.9 Å². The van der Waals surface area contributed by atoms with Gasteiger partial charge in [0.2, 0.25) is 0 Å². The van der Waals surface area contributed by atoms with Crippen molar-refractivity contribution in [3.63, 3.8) is 0 Å². The van der Waals surface area contributed by atoms with Crippen LogP contribution in [0.4, 0.5) is 0 Å². The monoisotopic (exact) mass is 201 g/mol. The average Bonchev–Trinajstić information content (AvgIpc) is 1.98. The molecular weight excluding hydrogens is 178 g/mol. The molecule has 0 saturated carbocycles. The number of ether oxygens (including phenoxy) is 1. The second-order valence-electron chi connectivity index (χ2n) is 4.54. The van der Waals surface area contributed by atoms with E-state index in [0.29, 0.717) is 6.42 Å². The van der Waals surface area contributed by atoms with Crippen molar-refractivity contribution in [3.05, 3.63) is 0 Å². The first-order valence-electron chi connectivity index (χ1n) is 4.96. The summed E-state index contributed by atoms with van der Waals surface area (Å²) in [5, 5.41) is 7.08. The number of amidine groups is 1. The van der Waals surface area contributed by atoms with E-state index in [1.807, 2.05) is 27.8 Å². The van der Waals surface area contributed by atoms with Gasteiger partial charge in [-0.05, 0) is 27.8 Å². The first-order valence-corrected chi connectivity index (χ1v) is 4.96. The highest BCUT2D eigenvalue weighted by molar-refractivity contribution is 5.76. The van der Waals surface area contributed by atoms with E-state index < -0.39 is 0 Å². The molecule has 4 nitrogen and oxygen atoms in total. The standard InChI is InChI=1S/C10H23N3O/c1-10(2,3)14-8-7-13(4)6-5-9(11)12/h5-8H2,1-4H3,(H3,11,12). The smallest absolute Gasteiger partial charge is 0.0918 e. The normalized spacial score (nSPS) is 12.1. The average molecular weight is 201 g/mol. The maximum Gasteiger partial charge on any atom is 0.0918 e. The predicted octanol–water partition coefficient (Wildman–Crippen LogP) is 1.06. The molecule has 0 aliphatic heterocycles. The van der Waals surface area contributed by atoms with Crippen molar-refractivity contribution in [1.82, 2.24) is 4.90 Å². The summed E-state index contributed by atoms with van der Waals surface area (Å²) in [6, 6.07) is 0. The Morgan fingerprint density at radius 1 is 1.36 bits per heavy atom. The highest BCUT2D eigenvalue weighted by Crippen LogP contribution is 2.05. The van der Waals surface area contributed by atoms with Crippen LogP contribution < -0.4 is 5.73 Å². The van der Waals surface area contributed by atoms with Gasteiger partial charge in [-0.2, -0.15) is 0 Å². The molecule has 0 aromatic heterocycles. The van der Waals surface area contributed by atoms with Gasteiger partial charge in [0.05, 0.1) is 18.0 Å². The van der Waals surface area contributed by atoms with E-state index in [9.17, 15) is 0 Å². The largest absolute Gasteiger partial charge is 0.388 e. The third-order valence-electron chi connectivity index (χ3n) is 1.77. The lowest BCUT2D eigenvalue weighted by molar-refractivity contribution is -0.0105. The number of hydrogen-bond donors (Lipinski definition) is 2. The van der Waals surface area contributed by atoms with Gasteiger partial charge >= 0.3 is 0 Å². The third-order valence-corrected chi connectivity index (χ3v) is 1.77. The summed E-state index contributed by atoms with van der Waals surface area (Å²) in [6.07, 6.45) is 0.631. The minimum atomic E-state index is -0.0680. The van der Waals surface area contributed by atoms with Gasteiger partial charge < -0.3 is 15.4 Å². The van der Waals surface area contributed by atoms with E-state index in [-0.39, 0.29) is 11.4 Å². The van der Waals surface area contributed by atoms with Crippen LogP contribution in [0.1, 0.15) is 27.2 Å². The first-order chi connectivity index (χ1) is 6.31. The Kier molecular flexibility index (Phi) is 5.72. The Bertz CT molecular complexity index is 175. The second kappa shape index (κ2) is 5.98. The van der Waals surface area contributed by atoms with Crippen LogP contribution in [0, 0.1) is 5.41 Å². The molecule has 0 aliphatic rings. The van der Waals surface area contributed by atoms with E-state index in [1.54, 1.807) is 0 Å². The van der Waals surface area contributed by atoms with E-state index in [0.717, 1.165) is 19.7 Å². The zero-order chi connectivity index (χ0) is 11.2. The second-order valence-corrected chi connectivity index (χ2v) is 4.54. The quantitative estimate of drug-likeness (QED) is 0.499. The zero-order valence-corrected chi connectivity index (χ0v) is 9.76. The third kappa shape index (κ3) is 9.48. The van der Waals surface area contributed by atoms with Crippen LogP contribution in [-0.2, 0) is 4.74 Å². The minimum Gasteiger partial charge on any atom is -0.388 e. The van der Waals surface area contributed by atoms with E-state index >= 15 is 0 Å². The summed E-state index contributed by atoms with van der Waals surface area (Å²) in [6.45, 7) is 8.55. The van der Waals surface area contributed by atoms with Crippen molar-refractivity contribution < 1.29 is 4.74 Å².